The van der Waals surface area contributed by atoms with E-state index in [0.717, 1.165) is 11.5 Å². The average molecular weight is 639 g/mol. The van der Waals surface area contributed by atoms with Gasteiger partial charge in [0.1, 0.15) is 0 Å². The largest absolute Gasteiger partial charge is 0.179 e. The summed E-state index contributed by atoms with van der Waals surface area (Å²) in [5.41, 5.74) is 0. The summed E-state index contributed by atoms with van der Waals surface area (Å²) < 4.78 is 0. The molecule has 0 heterocycles. The molecule has 0 N–H and O–H groups in total. The summed E-state index contributed by atoms with van der Waals surface area (Å²) in [6.07, 6.45) is 46.2. The van der Waals surface area contributed by atoms with Gasteiger partial charge in [-0.15, -0.1) is 0 Å². The summed E-state index contributed by atoms with van der Waals surface area (Å²) in [6.45, 7) is 4.58. The molecule has 0 amide bonds. The van der Waals surface area contributed by atoms with Crippen molar-refractivity contribution in [3.63, 3.8) is 0 Å². The van der Waals surface area contributed by atoms with Crippen molar-refractivity contribution < 1.29 is 19.5 Å². The molecule has 234 valence electrons. The van der Waals surface area contributed by atoms with E-state index in [4.69, 9.17) is 0 Å². The Bertz CT molecular complexity index is 298. The second-order valence-electron chi connectivity index (χ2n) is 12.1. The second-order valence-corrected chi connectivity index (χ2v) is 12.9. The van der Waals surface area contributed by atoms with E-state index in [1.165, 1.54) is 205 Å². The monoisotopic (exact) mass is 636 g/mol. The summed E-state index contributed by atoms with van der Waals surface area (Å²) in [6, 6.07) is 0. The van der Waals surface area contributed by atoms with Crippen LogP contribution in [-0.4, -0.2) is 11.5 Å². The van der Waals surface area contributed by atoms with Crippen LogP contribution in [0.15, 0.2) is 0 Å². The predicted octanol–water partition coefficient (Wildman–Crippen LogP) is 14.4. The van der Waals surface area contributed by atoms with Gasteiger partial charge in [0.25, 0.3) is 0 Å². The van der Waals surface area contributed by atoms with Crippen molar-refractivity contribution in [2.24, 2.45) is 0 Å². The van der Waals surface area contributed by atoms with Gasteiger partial charge < -0.3 is 0 Å². The first-order chi connectivity index (χ1) is 18.8. The van der Waals surface area contributed by atoms with Gasteiger partial charge in [0.15, 0.2) is 0 Å². The minimum Gasteiger partial charge on any atom is -0.179 e. The van der Waals surface area contributed by atoms with Crippen LogP contribution in [0.1, 0.15) is 219 Å². The average Bonchev–Trinajstić information content (AvgIpc) is 2.93. The van der Waals surface area contributed by atoms with Gasteiger partial charge in [-0.3, -0.25) is 0 Å². The molecule has 0 aliphatic heterocycles. The molecule has 0 bridgehead atoms. The van der Waals surface area contributed by atoms with E-state index >= 15 is 0 Å². The molecule has 0 atom stereocenters. The zero-order valence-corrected chi connectivity index (χ0v) is 32.4. The molecular weight excluding hydrogens is 562 g/mol. The Labute approximate surface area is 274 Å². The fraction of sp³-hybridized carbons (Fsp3) is 1.00. The van der Waals surface area contributed by atoms with Crippen LogP contribution >= 0.6 is 25.3 Å². The van der Waals surface area contributed by atoms with Crippen LogP contribution in [0, 0.1) is 0 Å². The molecule has 0 fully saturated rings. The fourth-order valence-electron chi connectivity index (χ4n) is 5.32. The van der Waals surface area contributed by atoms with Crippen molar-refractivity contribution in [1.82, 2.24) is 0 Å². The molecule has 0 radical (unpaired) electrons. The van der Waals surface area contributed by atoms with E-state index in [9.17, 15) is 0 Å². The number of thiol groups is 2. The van der Waals surface area contributed by atoms with Crippen LogP contribution in [-0.2, 0) is 19.5 Å². The predicted molar refractivity (Wildman–Crippen MR) is 187 cm³/mol. The fourth-order valence-corrected chi connectivity index (χ4v) is 5.77. The third-order valence-electron chi connectivity index (χ3n) is 8.02. The van der Waals surface area contributed by atoms with E-state index in [0.29, 0.717) is 0 Å². The molecule has 0 nitrogen and oxygen atoms in total. The van der Waals surface area contributed by atoms with Crippen molar-refractivity contribution in [3.05, 3.63) is 0 Å². The first-order valence-corrected chi connectivity index (χ1v) is 19.3. The first-order valence-electron chi connectivity index (χ1n) is 18.0. The molecule has 3 heteroatoms. The Morgan fingerprint density at radius 3 is 0.487 bits per heavy atom. The Kier molecular flexibility index (Phi) is 53.1. The molecule has 0 aromatic rings. The van der Waals surface area contributed by atoms with E-state index in [2.05, 4.69) is 39.1 Å². The molecular formula is C36H76S2Zn. The van der Waals surface area contributed by atoms with Gasteiger partial charge in [0.2, 0.25) is 0 Å². The smallest absolute Gasteiger partial charge is 0 e. The molecule has 0 aliphatic rings. The summed E-state index contributed by atoms with van der Waals surface area (Å²) in [5.74, 6) is 2.14. The molecule has 0 aromatic heterocycles. The van der Waals surface area contributed by atoms with Gasteiger partial charge in [-0.25, -0.2) is 0 Å². The molecule has 39 heavy (non-hydrogen) atoms. The van der Waals surface area contributed by atoms with Gasteiger partial charge in [0, 0.05) is 19.5 Å². The van der Waals surface area contributed by atoms with Gasteiger partial charge in [-0.05, 0) is 24.3 Å². The first kappa shape index (κ1) is 44.8. The van der Waals surface area contributed by atoms with Gasteiger partial charge in [0.05, 0.1) is 0 Å². The Hall–Kier alpha value is 1.32. The van der Waals surface area contributed by atoms with Crippen LogP contribution < -0.4 is 0 Å². The zero-order valence-electron chi connectivity index (χ0n) is 27.6. The number of hydrogen-bond donors (Lipinski definition) is 2. The van der Waals surface area contributed by atoms with Crippen molar-refractivity contribution in [2.75, 3.05) is 11.5 Å². The molecule has 0 aliphatic carbocycles. The van der Waals surface area contributed by atoms with Crippen molar-refractivity contribution >= 4 is 25.3 Å². The van der Waals surface area contributed by atoms with Crippen LogP contribution in [0.2, 0.25) is 0 Å². The minimum atomic E-state index is 0. The minimum absolute atomic E-state index is 0. The maximum Gasteiger partial charge on any atom is 0 e. The van der Waals surface area contributed by atoms with E-state index < -0.39 is 0 Å². The van der Waals surface area contributed by atoms with Crippen LogP contribution in [0.4, 0.5) is 0 Å². The van der Waals surface area contributed by atoms with E-state index in [1.807, 2.05) is 0 Å². The topological polar surface area (TPSA) is 0 Å². The number of rotatable bonds is 32. The molecule has 0 saturated heterocycles. The summed E-state index contributed by atoms with van der Waals surface area (Å²) >= 11 is 8.49. The van der Waals surface area contributed by atoms with E-state index in [-0.39, 0.29) is 19.5 Å². The van der Waals surface area contributed by atoms with Crippen LogP contribution in [0.3, 0.4) is 0 Å². The SMILES string of the molecule is CCCCCCCCCCCCCCCCCCS.CCCCCCCCCCCCCCCCCCS.[Zn]. The van der Waals surface area contributed by atoms with Crippen LogP contribution in [0.25, 0.3) is 0 Å². The zero-order chi connectivity index (χ0) is 28.0. The van der Waals surface area contributed by atoms with Crippen molar-refractivity contribution in [3.8, 4) is 0 Å². The van der Waals surface area contributed by atoms with Crippen LogP contribution in [0.5, 0.6) is 0 Å². The molecule has 0 rings (SSSR count). The van der Waals surface area contributed by atoms with Gasteiger partial charge in [-0.2, -0.15) is 25.3 Å². The number of hydrogen-bond acceptors (Lipinski definition) is 2. The quantitative estimate of drug-likeness (QED) is 0.0409. The molecule has 0 spiro atoms. The third kappa shape index (κ3) is 49.3. The summed E-state index contributed by atoms with van der Waals surface area (Å²) in [5, 5.41) is 0. The third-order valence-corrected chi connectivity index (χ3v) is 8.66. The van der Waals surface area contributed by atoms with Crippen molar-refractivity contribution in [1.29, 1.82) is 0 Å². The maximum atomic E-state index is 4.24. The van der Waals surface area contributed by atoms with Crippen molar-refractivity contribution in [2.45, 2.75) is 219 Å². The second kappa shape index (κ2) is 46.3. The van der Waals surface area contributed by atoms with Gasteiger partial charge in [-0.1, -0.05) is 206 Å². The standard InChI is InChI=1S/2C18H38S.Zn/c2*1-2-3-4-5-6-7-8-9-10-11-12-13-14-15-16-17-18-19;/h2*19H,2-18H2,1H3;. The maximum absolute atomic E-state index is 4.24. The Morgan fingerprint density at radius 2 is 0.359 bits per heavy atom. The molecule has 0 aromatic carbocycles. The summed E-state index contributed by atoms with van der Waals surface area (Å²) in [4.78, 5) is 0. The number of unbranched alkanes of at least 4 members (excludes halogenated alkanes) is 30. The molecule has 0 saturated carbocycles. The Balaban J connectivity index is -0.000000648. The van der Waals surface area contributed by atoms with Gasteiger partial charge >= 0.3 is 0 Å². The molecule has 0 unspecified atom stereocenters. The Morgan fingerprint density at radius 1 is 0.231 bits per heavy atom. The normalized spacial score (nSPS) is 10.8. The van der Waals surface area contributed by atoms with E-state index in [1.54, 1.807) is 0 Å². The summed E-state index contributed by atoms with van der Waals surface area (Å²) in [7, 11) is 0.